The molecule has 110 valence electrons. The van der Waals surface area contributed by atoms with Gasteiger partial charge in [0.15, 0.2) is 17.5 Å². The van der Waals surface area contributed by atoms with Crippen LogP contribution in [0.5, 0.6) is 11.5 Å². The highest BCUT2D eigenvalue weighted by Gasteiger charge is 2.31. The van der Waals surface area contributed by atoms with Crippen LogP contribution < -0.4 is 14.8 Å². The quantitative estimate of drug-likeness (QED) is 0.871. The van der Waals surface area contributed by atoms with Crippen molar-refractivity contribution in [2.24, 2.45) is 0 Å². The van der Waals surface area contributed by atoms with Gasteiger partial charge in [0.1, 0.15) is 5.75 Å². The standard InChI is InChI=1S/C15H17N3O3/c1-3-18-14(12(20-2)9-17-18)15(19)13-8-16-10-6-4-5-7-11(10)21-13/h4-7,9,13,16H,3,8H2,1-2H3. The first-order valence-corrected chi connectivity index (χ1v) is 6.88. The minimum atomic E-state index is -0.587. The molecule has 1 atom stereocenters. The number of ether oxygens (including phenoxy) is 2. The van der Waals surface area contributed by atoms with E-state index in [0.717, 1.165) is 5.69 Å². The summed E-state index contributed by atoms with van der Waals surface area (Å²) in [5.41, 5.74) is 1.35. The van der Waals surface area contributed by atoms with Crippen LogP contribution >= 0.6 is 0 Å². The number of Topliss-reactive ketones (excluding diaryl/α,β-unsaturated/α-hetero) is 1. The maximum absolute atomic E-state index is 12.7. The van der Waals surface area contributed by atoms with Crippen LogP contribution in [0.2, 0.25) is 0 Å². The SMILES string of the molecule is CCn1ncc(OC)c1C(=O)C1CNc2ccccc2O1. The van der Waals surface area contributed by atoms with Gasteiger partial charge < -0.3 is 14.8 Å². The average Bonchev–Trinajstić information content (AvgIpc) is 2.96. The fourth-order valence-corrected chi connectivity index (χ4v) is 2.42. The van der Waals surface area contributed by atoms with Gasteiger partial charge in [0.05, 0.1) is 25.5 Å². The highest BCUT2D eigenvalue weighted by Crippen LogP contribution is 2.30. The first-order chi connectivity index (χ1) is 10.2. The van der Waals surface area contributed by atoms with E-state index >= 15 is 0 Å². The number of ketones is 1. The van der Waals surface area contributed by atoms with Crippen LogP contribution in [-0.2, 0) is 6.54 Å². The molecule has 1 aromatic carbocycles. The number of methoxy groups -OCH3 is 1. The Balaban J connectivity index is 1.89. The van der Waals surface area contributed by atoms with E-state index in [1.165, 1.54) is 7.11 Å². The van der Waals surface area contributed by atoms with Crippen molar-refractivity contribution >= 4 is 11.5 Å². The van der Waals surface area contributed by atoms with Crippen molar-refractivity contribution in [3.8, 4) is 11.5 Å². The molecular formula is C15H17N3O3. The first kappa shape index (κ1) is 13.5. The Morgan fingerprint density at radius 2 is 2.33 bits per heavy atom. The Labute approximate surface area is 122 Å². The molecule has 0 aliphatic carbocycles. The topological polar surface area (TPSA) is 65.4 Å². The Bertz CT molecular complexity index is 644. The van der Waals surface area contributed by atoms with Crippen LogP contribution in [0.3, 0.4) is 0 Å². The molecular weight excluding hydrogens is 270 g/mol. The van der Waals surface area contributed by atoms with Gasteiger partial charge in [0, 0.05) is 6.54 Å². The lowest BCUT2D eigenvalue weighted by atomic mass is 10.1. The second-order valence-electron chi connectivity index (χ2n) is 4.73. The monoisotopic (exact) mass is 287 g/mol. The Morgan fingerprint density at radius 1 is 1.52 bits per heavy atom. The normalized spacial score (nSPS) is 16.6. The molecule has 1 aliphatic heterocycles. The third-order valence-electron chi connectivity index (χ3n) is 3.49. The summed E-state index contributed by atoms with van der Waals surface area (Å²) in [7, 11) is 1.53. The highest BCUT2D eigenvalue weighted by atomic mass is 16.5. The molecule has 3 rings (SSSR count). The van der Waals surface area contributed by atoms with Gasteiger partial charge in [-0.1, -0.05) is 12.1 Å². The zero-order chi connectivity index (χ0) is 14.8. The largest absolute Gasteiger partial charge is 0.493 e. The van der Waals surface area contributed by atoms with E-state index in [0.29, 0.717) is 30.3 Å². The van der Waals surface area contributed by atoms with E-state index in [1.54, 1.807) is 10.9 Å². The van der Waals surface area contributed by atoms with Gasteiger partial charge in [-0.05, 0) is 19.1 Å². The number of hydrogen-bond acceptors (Lipinski definition) is 5. The van der Waals surface area contributed by atoms with Crippen LogP contribution in [0.25, 0.3) is 0 Å². The Hall–Kier alpha value is -2.50. The lowest BCUT2D eigenvalue weighted by Crippen LogP contribution is -2.38. The predicted octanol–water partition coefficient (Wildman–Crippen LogP) is 1.97. The number of para-hydroxylation sites is 2. The fraction of sp³-hybridized carbons (Fsp3) is 0.333. The molecule has 0 fully saturated rings. The van der Waals surface area contributed by atoms with Gasteiger partial charge in [-0.15, -0.1) is 0 Å². The molecule has 0 radical (unpaired) electrons. The van der Waals surface area contributed by atoms with Crippen LogP contribution in [0, 0.1) is 0 Å². The number of carbonyl (C=O) groups excluding carboxylic acids is 1. The molecule has 2 aromatic rings. The van der Waals surface area contributed by atoms with E-state index in [9.17, 15) is 4.79 Å². The first-order valence-electron chi connectivity index (χ1n) is 6.88. The van der Waals surface area contributed by atoms with Gasteiger partial charge in [0.25, 0.3) is 0 Å². The van der Waals surface area contributed by atoms with Crippen molar-refractivity contribution < 1.29 is 14.3 Å². The van der Waals surface area contributed by atoms with E-state index in [1.807, 2.05) is 31.2 Å². The number of hydrogen-bond donors (Lipinski definition) is 1. The zero-order valence-corrected chi connectivity index (χ0v) is 12.0. The third kappa shape index (κ3) is 2.33. The summed E-state index contributed by atoms with van der Waals surface area (Å²) in [5.74, 6) is 1.03. The molecule has 21 heavy (non-hydrogen) atoms. The lowest BCUT2D eigenvalue weighted by Gasteiger charge is -2.26. The molecule has 6 heteroatoms. The zero-order valence-electron chi connectivity index (χ0n) is 12.0. The number of fused-ring (bicyclic) bond motifs is 1. The number of anilines is 1. The fourth-order valence-electron chi connectivity index (χ4n) is 2.42. The molecule has 2 heterocycles. The summed E-state index contributed by atoms with van der Waals surface area (Å²) in [6, 6.07) is 7.57. The summed E-state index contributed by atoms with van der Waals surface area (Å²) in [6.07, 6.45) is 0.969. The minimum absolute atomic E-state index is 0.131. The molecule has 1 aliphatic rings. The van der Waals surface area contributed by atoms with Crippen molar-refractivity contribution in [2.75, 3.05) is 19.0 Å². The van der Waals surface area contributed by atoms with Gasteiger partial charge in [0.2, 0.25) is 5.78 Å². The van der Waals surface area contributed by atoms with Crippen LogP contribution in [-0.4, -0.2) is 35.3 Å². The molecule has 1 N–H and O–H groups in total. The summed E-state index contributed by atoms with van der Waals surface area (Å²) < 4.78 is 12.7. The minimum Gasteiger partial charge on any atom is -0.493 e. The molecule has 0 amide bonds. The summed E-state index contributed by atoms with van der Waals surface area (Å²) in [6.45, 7) is 2.95. The van der Waals surface area contributed by atoms with E-state index < -0.39 is 6.10 Å². The number of rotatable bonds is 4. The van der Waals surface area contributed by atoms with Crippen LogP contribution in [0.15, 0.2) is 30.5 Å². The number of nitrogens with one attached hydrogen (secondary N) is 1. The molecule has 0 bridgehead atoms. The number of aryl methyl sites for hydroxylation is 1. The van der Waals surface area contributed by atoms with Gasteiger partial charge in [-0.25, -0.2) is 0 Å². The number of carbonyl (C=O) groups is 1. The molecule has 1 aromatic heterocycles. The smallest absolute Gasteiger partial charge is 0.226 e. The second kappa shape index (κ2) is 5.47. The summed E-state index contributed by atoms with van der Waals surface area (Å²) in [5, 5.41) is 7.37. The summed E-state index contributed by atoms with van der Waals surface area (Å²) >= 11 is 0. The Kier molecular flexibility index (Phi) is 3.51. The van der Waals surface area contributed by atoms with Crippen molar-refractivity contribution in [3.05, 3.63) is 36.2 Å². The Morgan fingerprint density at radius 3 is 3.10 bits per heavy atom. The lowest BCUT2D eigenvalue weighted by molar-refractivity contribution is 0.0787. The average molecular weight is 287 g/mol. The summed E-state index contributed by atoms with van der Waals surface area (Å²) in [4.78, 5) is 12.7. The van der Waals surface area contributed by atoms with Crippen molar-refractivity contribution in [1.82, 2.24) is 9.78 Å². The van der Waals surface area contributed by atoms with Crippen LogP contribution in [0.4, 0.5) is 5.69 Å². The molecule has 1 unspecified atom stereocenters. The van der Waals surface area contributed by atoms with Crippen molar-refractivity contribution in [1.29, 1.82) is 0 Å². The van der Waals surface area contributed by atoms with E-state index in [-0.39, 0.29) is 5.78 Å². The highest BCUT2D eigenvalue weighted by molar-refractivity contribution is 6.01. The van der Waals surface area contributed by atoms with Gasteiger partial charge in [-0.2, -0.15) is 5.10 Å². The van der Waals surface area contributed by atoms with Crippen LogP contribution in [0.1, 0.15) is 17.4 Å². The maximum Gasteiger partial charge on any atom is 0.226 e. The third-order valence-corrected chi connectivity index (χ3v) is 3.49. The van der Waals surface area contributed by atoms with Gasteiger partial charge >= 0.3 is 0 Å². The molecule has 6 nitrogen and oxygen atoms in total. The number of aromatic nitrogens is 2. The predicted molar refractivity (Wildman–Crippen MR) is 78.1 cm³/mol. The molecule has 0 spiro atoms. The molecule has 0 saturated heterocycles. The number of nitrogens with zero attached hydrogens (tertiary/aromatic N) is 2. The van der Waals surface area contributed by atoms with Crippen molar-refractivity contribution in [3.63, 3.8) is 0 Å². The van der Waals surface area contributed by atoms with Gasteiger partial charge in [-0.3, -0.25) is 9.48 Å². The maximum atomic E-state index is 12.7. The second-order valence-corrected chi connectivity index (χ2v) is 4.73. The van der Waals surface area contributed by atoms with E-state index in [2.05, 4.69) is 10.4 Å². The van der Waals surface area contributed by atoms with E-state index in [4.69, 9.17) is 9.47 Å². The molecule has 0 saturated carbocycles. The number of benzene rings is 1. The van der Waals surface area contributed by atoms with Crippen molar-refractivity contribution in [2.45, 2.75) is 19.6 Å².